The van der Waals surface area contributed by atoms with Crippen molar-refractivity contribution in [3.05, 3.63) is 42.2 Å². The van der Waals surface area contributed by atoms with Crippen molar-refractivity contribution in [1.82, 2.24) is 24.7 Å². The molecule has 3 atom stereocenters. The molecule has 2 aliphatic rings. The van der Waals surface area contributed by atoms with Crippen LogP contribution < -0.4 is 19.1 Å². The van der Waals surface area contributed by atoms with E-state index in [4.69, 9.17) is 14.2 Å². The van der Waals surface area contributed by atoms with Crippen molar-refractivity contribution in [1.29, 1.82) is 0 Å². The molecule has 36 heavy (non-hydrogen) atoms. The van der Waals surface area contributed by atoms with Gasteiger partial charge in [0.1, 0.15) is 23.3 Å². The molecule has 0 aliphatic carbocycles. The first-order valence-corrected chi connectivity index (χ1v) is 12.6. The Morgan fingerprint density at radius 1 is 1.14 bits per heavy atom. The molecule has 5 rings (SSSR count). The highest BCUT2D eigenvalue weighted by Gasteiger charge is 2.31. The van der Waals surface area contributed by atoms with E-state index < -0.39 is 11.9 Å². The maximum Gasteiger partial charge on any atom is 0.239 e. The molecule has 1 aromatic carbocycles. The summed E-state index contributed by atoms with van der Waals surface area (Å²) >= 11 is 1.42. The number of para-hydroxylation sites is 1. The number of methoxy groups -OCH3 is 2. The van der Waals surface area contributed by atoms with Crippen molar-refractivity contribution in [3.63, 3.8) is 0 Å². The van der Waals surface area contributed by atoms with Gasteiger partial charge >= 0.3 is 0 Å². The second-order valence-electron chi connectivity index (χ2n) is 8.57. The molecule has 4 heterocycles. The highest BCUT2D eigenvalue weighted by atomic mass is 32.2. The van der Waals surface area contributed by atoms with Gasteiger partial charge in [-0.1, -0.05) is 6.07 Å². The Morgan fingerprint density at radius 3 is 2.56 bits per heavy atom. The van der Waals surface area contributed by atoms with Crippen molar-refractivity contribution < 1.29 is 23.7 Å². The van der Waals surface area contributed by atoms with Gasteiger partial charge < -0.3 is 24.2 Å². The van der Waals surface area contributed by atoms with Crippen LogP contribution in [0.2, 0.25) is 0 Å². The predicted octanol–water partition coefficient (Wildman–Crippen LogP) is 2.77. The van der Waals surface area contributed by atoms with E-state index in [1.54, 1.807) is 14.2 Å². The number of anilines is 2. The molecule has 13 heteroatoms. The largest absolute Gasteiger partial charge is 0.494 e. The normalized spacial score (nSPS) is 22.0. The summed E-state index contributed by atoms with van der Waals surface area (Å²) in [6.07, 6.45) is 3.80. The van der Waals surface area contributed by atoms with E-state index in [2.05, 4.69) is 24.9 Å². The molecule has 0 bridgehead atoms. The third-order valence-corrected chi connectivity index (χ3v) is 7.10. The molecular formula is C23H28FN7O4S. The minimum atomic E-state index is -0.582. The zero-order valence-corrected chi connectivity index (χ0v) is 20.8. The van der Waals surface area contributed by atoms with Gasteiger partial charge in [-0.15, -0.1) is 10.2 Å². The molecule has 3 unspecified atom stereocenters. The van der Waals surface area contributed by atoms with Crippen molar-refractivity contribution in [2.45, 2.75) is 36.7 Å². The molecule has 0 saturated carbocycles. The summed E-state index contributed by atoms with van der Waals surface area (Å²) in [5, 5.41) is 19.3. The average Bonchev–Trinajstić information content (AvgIpc) is 3.57. The topological polar surface area (TPSA) is 120 Å². The molecule has 3 aromatic rings. The van der Waals surface area contributed by atoms with E-state index >= 15 is 0 Å². The van der Waals surface area contributed by atoms with Crippen molar-refractivity contribution >= 4 is 23.8 Å². The van der Waals surface area contributed by atoms with Crippen LogP contribution in [-0.4, -0.2) is 75.1 Å². The highest BCUT2D eigenvalue weighted by molar-refractivity contribution is 8.01. The number of halogens is 1. The van der Waals surface area contributed by atoms with Crippen molar-refractivity contribution in [2.24, 2.45) is 0 Å². The number of aliphatic hydroxyl groups is 1. The van der Waals surface area contributed by atoms with Crippen molar-refractivity contribution in [2.75, 3.05) is 43.5 Å². The zero-order chi connectivity index (χ0) is 25.1. The van der Waals surface area contributed by atoms with Crippen LogP contribution in [0.15, 0.2) is 30.6 Å². The second-order valence-corrected chi connectivity index (χ2v) is 9.67. The Labute approximate surface area is 212 Å². The van der Waals surface area contributed by atoms with Gasteiger partial charge in [-0.3, -0.25) is 9.29 Å². The number of hydrogen-bond acceptors (Lipinski definition) is 11. The van der Waals surface area contributed by atoms with Gasteiger partial charge in [0.25, 0.3) is 0 Å². The lowest BCUT2D eigenvalue weighted by Crippen LogP contribution is -2.45. The summed E-state index contributed by atoms with van der Waals surface area (Å²) in [4.78, 5) is 9.96. The molecule has 2 N–H and O–H groups in total. The quantitative estimate of drug-likeness (QED) is 0.429. The van der Waals surface area contributed by atoms with Crippen molar-refractivity contribution in [3.8, 4) is 17.2 Å². The lowest BCUT2D eigenvalue weighted by atomic mass is 10.1. The number of nitrogens with one attached hydrogen (secondary N) is 1. The standard InChI is InChI=1S/C23H28FN7O4S/c1-33-17-5-3-6-18(34-2)20(17)31-21(19-7-4-8-35-19)27-28-23(31)29-36-16-9-15(32)12-30(13-16)22-25-10-14(24)11-26-22/h3,5-6,10-11,15-16,19,32H,4,7-9,12-13H2,1-2H3,(H,28,29). The van der Waals surface area contributed by atoms with Crippen LogP contribution >= 0.6 is 11.9 Å². The van der Waals surface area contributed by atoms with Crippen LogP contribution in [0.1, 0.15) is 31.2 Å². The molecular weight excluding hydrogens is 489 g/mol. The van der Waals surface area contributed by atoms with Gasteiger partial charge in [0.2, 0.25) is 11.9 Å². The number of ether oxygens (including phenoxy) is 3. The van der Waals surface area contributed by atoms with Crippen LogP contribution in [0.5, 0.6) is 11.5 Å². The predicted molar refractivity (Wildman–Crippen MR) is 132 cm³/mol. The summed E-state index contributed by atoms with van der Waals surface area (Å²) in [6, 6.07) is 5.56. The first-order chi connectivity index (χ1) is 17.6. The van der Waals surface area contributed by atoms with Gasteiger partial charge in [0.05, 0.1) is 32.7 Å². The first-order valence-electron chi connectivity index (χ1n) is 11.7. The zero-order valence-electron chi connectivity index (χ0n) is 20.0. The Kier molecular flexibility index (Phi) is 7.39. The number of β-amino-alcohol motifs (C(OH)–C–C–N with tert-alkyl or cyclic N) is 1. The van der Waals surface area contributed by atoms with Crippen LogP contribution in [0.4, 0.5) is 16.3 Å². The Bertz CT molecular complexity index is 1150. The molecule has 0 radical (unpaired) electrons. The van der Waals surface area contributed by atoms with E-state index in [1.165, 1.54) is 11.9 Å². The van der Waals surface area contributed by atoms with Gasteiger partial charge in [-0.2, -0.15) is 0 Å². The van der Waals surface area contributed by atoms with Crippen LogP contribution in [0, 0.1) is 5.82 Å². The van der Waals surface area contributed by atoms with Crippen LogP contribution in [0.3, 0.4) is 0 Å². The van der Waals surface area contributed by atoms with Crippen LogP contribution in [-0.2, 0) is 4.74 Å². The fraction of sp³-hybridized carbons (Fsp3) is 0.478. The van der Waals surface area contributed by atoms with E-state index in [9.17, 15) is 9.50 Å². The lowest BCUT2D eigenvalue weighted by molar-refractivity contribution is 0.103. The lowest BCUT2D eigenvalue weighted by Gasteiger charge is -2.35. The highest BCUT2D eigenvalue weighted by Crippen LogP contribution is 2.39. The fourth-order valence-corrected chi connectivity index (χ4v) is 5.48. The number of nitrogens with zero attached hydrogens (tertiary/aromatic N) is 6. The maximum atomic E-state index is 13.3. The van der Waals surface area contributed by atoms with E-state index in [1.807, 2.05) is 27.7 Å². The van der Waals surface area contributed by atoms with Crippen LogP contribution in [0.25, 0.3) is 5.69 Å². The Balaban J connectivity index is 1.42. The first kappa shape index (κ1) is 24.5. The molecule has 0 spiro atoms. The molecule has 2 aromatic heterocycles. The Hall–Kier alpha value is -3.16. The molecule has 11 nitrogen and oxygen atoms in total. The van der Waals surface area contributed by atoms with Gasteiger partial charge in [0, 0.05) is 24.9 Å². The van der Waals surface area contributed by atoms with E-state index in [-0.39, 0.29) is 11.4 Å². The summed E-state index contributed by atoms with van der Waals surface area (Å²) in [7, 11) is 3.21. The average molecular weight is 518 g/mol. The monoisotopic (exact) mass is 517 g/mol. The van der Waals surface area contributed by atoms with Gasteiger partial charge in [-0.25, -0.2) is 14.4 Å². The molecule has 2 saturated heterocycles. The molecule has 0 amide bonds. The second kappa shape index (κ2) is 10.8. The fourth-order valence-electron chi connectivity index (χ4n) is 4.51. The minimum absolute atomic E-state index is 0.0294. The summed E-state index contributed by atoms with van der Waals surface area (Å²) in [5.74, 6) is 2.23. The van der Waals surface area contributed by atoms with E-state index in [0.717, 1.165) is 25.2 Å². The maximum absolute atomic E-state index is 13.3. The number of rotatable bonds is 8. The molecule has 2 aliphatic heterocycles. The minimum Gasteiger partial charge on any atom is -0.494 e. The molecule has 2 fully saturated rings. The number of aliphatic hydroxyl groups excluding tert-OH is 1. The summed E-state index contributed by atoms with van der Waals surface area (Å²) in [5.41, 5.74) is 0.672. The number of aromatic nitrogens is 5. The van der Waals surface area contributed by atoms with E-state index in [0.29, 0.717) is 61.0 Å². The van der Waals surface area contributed by atoms with Gasteiger partial charge in [-0.05, 0) is 43.3 Å². The number of benzene rings is 1. The SMILES string of the molecule is COc1cccc(OC)c1-n1c(NSC2CC(O)CN(c3ncc(F)cn3)C2)nnc1C1CCCO1. The third-order valence-electron chi connectivity index (χ3n) is 6.13. The smallest absolute Gasteiger partial charge is 0.239 e. The number of piperidine rings is 1. The Morgan fingerprint density at radius 2 is 1.89 bits per heavy atom. The third kappa shape index (κ3) is 5.04. The van der Waals surface area contributed by atoms with Gasteiger partial charge in [0.15, 0.2) is 11.6 Å². The summed E-state index contributed by atoms with van der Waals surface area (Å²) in [6.45, 7) is 1.60. The molecule has 192 valence electrons. The number of hydrogen-bond donors (Lipinski definition) is 2. The summed E-state index contributed by atoms with van der Waals surface area (Å²) < 4.78 is 35.7.